The van der Waals surface area contributed by atoms with Crippen LogP contribution in [0.1, 0.15) is 64.7 Å². The van der Waals surface area contributed by atoms with Crippen LogP contribution in [0.3, 0.4) is 0 Å². The number of H-pyrrole nitrogens is 3. The van der Waals surface area contributed by atoms with Crippen LogP contribution in [0.4, 0.5) is 0 Å². The van der Waals surface area contributed by atoms with Crippen molar-refractivity contribution in [1.82, 2.24) is 46.2 Å². The van der Waals surface area contributed by atoms with Gasteiger partial charge < -0.3 is 0 Å². The van der Waals surface area contributed by atoms with Gasteiger partial charge in [0.2, 0.25) is 0 Å². The van der Waals surface area contributed by atoms with Gasteiger partial charge in [-0.05, 0) is 69.6 Å². The van der Waals surface area contributed by atoms with Crippen LogP contribution in [0.5, 0.6) is 0 Å². The molecule has 0 aliphatic heterocycles. The lowest BCUT2D eigenvalue weighted by molar-refractivity contribution is 0.390. The van der Waals surface area contributed by atoms with Gasteiger partial charge in [-0.15, -0.1) is 15.3 Å². The molecule has 178 valence electrons. The van der Waals surface area contributed by atoms with Crippen LogP contribution in [-0.4, -0.2) is 46.2 Å². The Morgan fingerprint density at radius 2 is 1.59 bits per heavy atom. The maximum Gasteiger partial charge on any atom is 0.108 e. The van der Waals surface area contributed by atoms with E-state index >= 15 is 0 Å². The van der Waals surface area contributed by atoms with E-state index in [0.717, 1.165) is 70.6 Å². The highest BCUT2D eigenvalue weighted by molar-refractivity contribution is 5.39. The lowest BCUT2D eigenvalue weighted by Gasteiger charge is -2.24. The Labute approximate surface area is 197 Å². The molecule has 3 unspecified atom stereocenters. The summed E-state index contributed by atoms with van der Waals surface area (Å²) in [6.45, 7) is 2.00. The van der Waals surface area contributed by atoms with Gasteiger partial charge in [0.15, 0.2) is 0 Å². The molecule has 3 N–H and O–H groups in total. The molecule has 5 rings (SSSR count). The molecule has 0 radical (unpaired) electrons. The molecule has 2 aliphatic rings. The minimum absolute atomic E-state index is 0.514. The number of aromatic amines is 3. The third kappa shape index (κ3) is 5.24. The third-order valence-electron chi connectivity index (χ3n) is 7.20. The summed E-state index contributed by atoms with van der Waals surface area (Å²) in [6, 6.07) is 0. The molecule has 3 aromatic rings. The van der Waals surface area contributed by atoms with Gasteiger partial charge in [0.25, 0.3) is 0 Å². The molecule has 34 heavy (non-hydrogen) atoms. The van der Waals surface area contributed by atoms with E-state index in [9.17, 15) is 0 Å². The monoisotopic (exact) mass is 459 g/mol. The molecule has 0 aromatic carbocycles. The average molecular weight is 460 g/mol. The van der Waals surface area contributed by atoms with Crippen molar-refractivity contribution in [2.24, 2.45) is 17.8 Å². The smallest absolute Gasteiger partial charge is 0.108 e. The number of rotatable bonds is 2. The number of fused-ring (bicyclic) bond motifs is 3. The maximum absolute atomic E-state index is 4.30. The highest BCUT2D eigenvalue weighted by atomic mass is 15.3. The van der Waals surface area contributed by atoms with Crippen molar-refractivity contribution in [1.29, 1.82) is 0 Å². The Bertz CT molecular complexity index is 1440. The fourth-order valence-electron chi connectivity index (χ4n) is 5.26. The molecule has 0 saturated carbocycles. The van der Waals surface area contributed by atoms with Crippen molar-refractivity contribution >= 4 is 36.5 Å². The minimum atomic E-state index is 0.514. The number of hydrogen-bond donors (Lipinski definition) is 3. The van der Waals surface area contributed by atoms with Gasteiger partial charge in [-0.3, -0.25) is 15.3 Å². The van der Waals surface area contributed by atoms with Crippen LogP contribution in [0.15, 0.2) is 0 Å². The molecule has 0 bridgehead atoms. The van der Waals surface area contributed by atoms with Crippen LogP contribution in [0, 0.1) is 17.8 Å². The summed E-state index contributed by atoms with van der Waals surface area (Å²) in [6.07, 6.45) is 23.4. The lowest BCUT2D eigenvalue weighted by atomic mass is 9.81. The molecule has 0 amide bonds. The van der Waals surface area contributed by atoms with Gasteiger partial charge in [-0.1, -0.05) is 64.9 Å². The predicted octanol–water partition coefficient (Wildman–Crippen LogP) is -0.469. The van der Waals surface area contributed by atoms with Crippen molar-refractivity contribution in [3.63, 3.8) is 0 Å². The first kappa shape index (κ1) is 22.4. The van der Waals surface area contributed by atoms with Crippen molar-refractivity contribution in [3.8, 4) is 0 Å². The molecule has 9 heteroatoms. The minimum Gasteiger partial charge on any atom is -0.258 e. The second kappa shape index (κ2) is 10.7. The van der Waals surface area contributed by atoms with Crippen molar-refractivity contribution in [3.05, 3.63) is 32.1 Å². The summed E-state index contributed by atoms with van der Waals surface area (Å²) in [5, 5.41) is 40.0. The molecule has 0 spiro atoms. The fraction of sp³-hybridized carbons (Fsp3) is 0.520. The zero-order valence-corrected chi connectivity index (χ0v) is 19.7. The van der Waals surface area contributed by atoms with E-state index in [0.29, 0.717) is 17.8 Å². The Kier molecular flexibility index (Phi) is 7.07. The Hall–Kier alpha value is -3.36. The predicted molar refractivity (Wildman–Crippen MR) is 131 cm³/mol. The van der Waals surface area contributed by atoms with E-state index in [1.807, 2.05) is 13.0 Å². The van der Waals surface area contributed by atoms with Crippen molar-refractivity contribution in [2.45, 2.75) is 64.7 Å². The van der Waals surface area contributed by atoms with Gasteiger partial charge in [-0.25, -0.2) is 0 Å². The van der Waals surface area contributed by atoms with Gasteiger partial charge in [-0.2, -0.15) is 0 Å². The molecule has 3 aromatic heterocycles. The Morgan fingerprint density at radius 1 is 0.794 bits per heavy atom. The highest BCUT2D eigenvalue weighted by Gasteiger charge is 2.21. The number of nitrogens with zero attached hydrogens (tertiary/aromatic N) is 6. The van der Waals surface area contributed by atoms with Crippen molar-refractivity contribution in [2.75, 3.05) is 0 Å². The normalized spacial score (nSPS) is 26.8. The van der Waals surface area contributed by atoms with Gasteiger partial charge in [0.1, 0.15) is 16.0 Å². The van der Waals surface area contributed by atoms with E-state index in [4.69, 9.17) is 0 Å². The largest absolute Gasteiger partial charge is 0.258 e. The average Bonchev–Trinajstić information content (AvgIpc) is 3.60. The van der Waals surface area contributed by atoms with Crippen LogP contribution in [0.2, 0.25) is 0 Å². The van der Waals surface area contributed by atoms with E-state index in [-0.39, 0.29) is 0 Å². The van der Waals surface area contributed by atoms with Crippen LogP contribution >= 0.6 is 0 Å². The lowest BCUT2D eigenvalue weighted by Crippen LogP contribution is -2.33. The first-order valence-electron chi connectivity index (χ1n) is 12.5. The molecule has 9 nitrogen and oxygen atoms in total. The zero-order valence-electron chi connectivity index (χ0n) is 19.7. The second-order valence-electron chi connectivity index (χ2n) is 9.44. The Balaban J connectivity index is 1.39. The summed E-state index contributed by atoms with van der Waals surface area (Å²) >= 11 is 0. The summed E-state index contributed by atoms with van der Waals surface area (Å²) in [5.74, 6) is 1.62. The molecule has 2 aliphatic carbocycles. The standard InChI is InChI=1S/C25H33N9/c1-2-20-23(29-32-26-20)14-13-17-7-5-10-19-16-25-24(30-34-31-25)15-18(19)9-3-4-11-21-22(12-6-8-17)28-33-27-21/h2,11-12,14-19H,3-10,13H2,1H3,(H,26,29)(H,27,28)(H,30,31)/b20-2+,21-11+,22-12+,23-14+. The molecular formula is C25H33N9. The van der Waals surface area contributed by atoms with E-state index in [1.54, 1.807) is 0 Å². The number of aromatic nitrogens is 9. The highest BCUT2D eigenvalue weighted by Crippen LogP contribution is 2.30. The van der Waals surface area contributed by atoms with Gasteiger partial charge >= 0.3 is 0 Å². The van der Waals surface area contributed by atoms with E-state index in [2.05, 4.69) is 76.6 Å². The fourth-order valence-corrected chi connectivity index (χ4v) is 5.26. The van der Waals surface area contributed by atoms with Crippen LogP contribution < -0.4 is 32.1 Å². The first-order valence-corrected chi connectivity index (χ1v) is 12.5. The summed E-state index contributed by atoms with van der Waals surface area (Å²) in [4.78, 5) is 0. The molecule has 3 heterocycles. The van der Waals surface area contributed by atoms with Crippen LogP contribution in [-0.2, 0) is 0 Å². The zero-order chi connectivity index (χ0) is 23.2. The molecule has 3 atom stereocenters. The Morgan fingerprint density at radius 3 is 2.50 bits per heavy atom. The first-order chi connectivity index (χ1) is 16.8. The maximum atomic E-state index is 4.30. The number of nitrogens with one attached hydrogen (secondary N) is 3. The molecule has 0 fully saturated rings. The second-order valence-corrected chi connectivity index (χ2v) is 9.44. The molecular weight excluding hydrogens is 426 g/mol. The summed E-state index contributed by atoms with van der Waals surface area (Å²) in [5.41, 5.74) is 0. The SMILES string of the molecule is C/C=c1/nn[nH]/c1=C/CC1CC/C=c2/[nH]nn/c2=C/CCCC2C=c3[nH]nnc3=CC2CCC1. The van der Waals surface area contributed by atoms with Crippen molar-refractivity contribution < 1.29 is 0 Å². The summed E-state index contributed by atoms with van der Waals surface area (Å²) < 4.78 is 0. The quantitative estimate of drug-likeness (QED) is 0.476. The van der Waals surface area contributed by atoms with Gasteiger partial charge in [0, 0.05) is 0 Å². The number of hydrogen-bond acceptors (Lipinski definition) is 6. The van der Waals surface area contributed by atoms with Crippen LogP contribution in [0.25, 0.3) is 36.5 Å². The summed E-state index contributed by atoms with van der Waals surface area (Å²) in [7, 11) is 0. The van der Waals surface area contributed by atoms with E-state index < -0.39 is 0 Å². The molecule has 0 saturated heterocycles. The van der Waals surface area contributed by atoms with Gasteiger partial charge in [0.05, 0.1) is 16.0 Å². The topological polar surface area (TPSA) is 125 Å². The third-order valence-corrected chi connectivity index (χ3v) is 7.20. The van der Waals surface area contributed by atoms with E-state index in [1.165, 1.54) is 19.3 Å².